The average molecular weight is 455 g/mol. The number of benzene rings is 1. The number of thiophene rings is 1. The Kier molecular flexibility index (Phi) is 5.82. The first-order valence-electron chi connectivity index (χ1n) is 11.4. The lowest BCUT2D eigenvalue weighted by molar-refractivity contribution is 0.0303. The molecule has 0 unspecified atom stereocenters. The zero-order valence-electron chi connectivity index (χ0n) is 18.8. The predicted molar refractivity (Wildman–Crippen MR) is 126 cm³/mol. The highest BCUT2D eigenvalue weighted by molar-refractivity contribution is 7.19. The zero-order chi connectivity index (χ0) is 22.3. The Bertz CT molecular complexity index is 1030. The molecule has 1 aromatic heterocycles. The number of carbonyl (C=O) groups excluding carboxylic acids is 2. The molecule has 3 heterocycles. The van der Waals surface area contributed by atoms with E-state index >= 15 is 0 Å². The van der Waals surface area contributed by atoms with Gasteiger partial charge in [-0.15, -0.1) is 11.3 Å². The van der Waals surface area contributed by atoms with Crippen molar-refractivity contribution >= 4 is 28.0 Å². The second-order valence-corrected chi connectivity index (χ2v) is 10.6. The summed E-state index contributed by atoms with van der Waals surface area (Å²) in [5.41, 5.74) is 3.93. The molecule has 2 aliphatic heterocycles. The number of morpholine rings is 2. The quantitative estimate of drug-likeness (QED) is 0.705. The normalized spacial score (nSPS) is 20.9. The highest BCUT2D eigenvalue weighted by Crippen LogP contribution is 2.49. The summed E-state index contributed by atoms with van der Waals surface area (Å²) in [7, 11) is 0. The van der Waals surface area contributed by atoms with Gasteiger partial charge in [0.1, 0.15) is 0 Å². The van der Waals surface area contributed by atoms with E-state index in [0.29, 0.717) is 51.5 Å². The maximum absolute atomic E-state index is 13.1. The van der Waals surface area contributed by atoms with E-state index in [4.69, 9.17) is 9.47 Å². The largest absolute Gasteiger partial charge is 0.378 e. The number of hydrogen-bond donors (Lipinski definition) is 0. The van der Waals surface area contributed by atoms with Crippen molar-refractivity contribution in [3.8, 4) is 11.1 Å². The van der Waals surface area contributed by atoms with Crippen molar-refractivity contribution in [1.82, 2.24) is 4.90 Å². The van der Waals surface area contributed by atoms with Gasteiger partial charge in [0, 0.05) is 43.7 Å². The molecule has 5 rings (SSSR count). The number of Topliss-reactive ketones (excluding diaryl/α,β-unsaturated/α-hetero) is 1. The second kappa shape index (κ2) is 8.61. The number of ether oxygens (including phenoxy) is 2. The van der Waals surface area contributed by atoms with Gasteiger partial charge in [0.15, 0.2) is 5.78 Å². The lowest BCUT2D eigenvalue weighted by atomic mass is 9.75. The molecule has 170 valence electrons. The maximum atomic E-state index is 13.1. The lowest BCUT2D eigenvalue weighted by Crippen LogP contribution is -2.40. The van der Waals surface area contributed by atoms with Crippen LogP contribution in [0.15, 0.2) is 24.3 Å². The van der Waals surface area contributed by atoms with Gasteiger partial charge in [-0.3, -0.25) is 9.59 Å². The summed E-state index contributed by atoms with van der Waals surface area (Å²) < 4.78 is 11.0. The molecular weight excluding hydrogens is 424 g/mol. The van der Waals surface area contributed by atoms with Gasteiger partial charge < -0.3 is 19.3 Å². The standard InChI is InChI=1S/C25H30N2O4S/c1-25(2)15-19-21(24(27-8-12-31-13-9-27)32-22(19)20(28)16-25)17-4-3-5-18(14-17)23(29)26-6-10-30-11-7-26/h3-5,14H,6-13,15-16H2,1-2H3. The molecular formula is C25H30N2O4S. The monoisotopic (exact) mass is 454 g/mol. The molecule has 0 N–H and O–H groups in total. The Balaban J connectivity index is 1.59. The van der Waals surface area contributed by atoms with E-state index in [1.54, 1.807) is 11.3 Å². The van der Waals surface area contributed by atoms with Gasteiger partial charge in [0.2, 0.25) is 0 Å². The van der Waals surface area contributed by atoms with Crippen LogP contribution in [0.1, 0.15) is 45.9 Å². The van der Waals surface area contributed by atoms with Gasteiger partial charge in [-0.1, -0.05) is 26.0 Å². The van der Waals surface area contributed by atoms with Crippen molar-refractivity contribution < 1.29 is 19.1 Å². The van der Waals surface area contributed by atoms with E-state index in [1.165, 1.54) is 0 Å². The fraction of sp³-hybridized carbons (Fsp3) is 0.520. The predicted octanol–water partition coefficient (Wildman–Crippen LogP) is 3.88. The highest BCUT2D eigenvalue weighted by Gasteiger charge is 2.37. The number of fused-ring (bicyclic) bond motifs is 1. The zero-order valence-corrected chi connectivity index (χ0v) is 19.6. The van der Waals surface area contributed by atoms with E-state index in [1.807, 2.05) is 23.1 Å². The van der Waals surface area contributed by atoms with Crippen molar-refractivity contribution in [2.24, 2.45) is 5.41 Å². The van der Waals surface area contributed by atoms with Crippen LogP contribution in [0.4, 0.5) is 5.00 Å². The number of amides is 1. The number of hydrogen-bond acceptors (Lipinski definition) is 6. The molecule has 3 aliphatic rings. The van der Waals surface area contributed by atoms with Crippen molar-refractivity contribution in [2.75, 3.05) is 57.5 Å². The van der Waals surface area contributed by atoms with Crippen molar-refractivity contribution in [2.45, 2.75) is 26.7 Å². The third kappa shape index (κ3) is 4.09. The summed E-state index contributed by atoms with van der Waals surface area (Å²) in [4.78, 5) is 31.3. The van der Waals surface area contributed by atoms with Crippen molar-refractivity contribution in [3.63, 3.8) is 0 Å². The van der Waals surface area contributed by atoms with Crippen LogP contribution in [0, 0.1) is 5.41 Å². The number of nitrogens with zero attached hydrogens (tertiary/aromatic N) is 2. The minimum atomic E-state index is -0.0661. The third-order valence-corrected chi connectivity index (χ3v) is 7.86. The number of rotatable bonds is 3. The molecule has 0 spiro atoms. The maximum Gasteiger partial charge on any atom is 0.254 e. The summed E-state index contributed by atoms with van der Waals surface area (Å²) in [6, 6.07) is 7.94. The third-order valence-electron chi connectivity index (χ3n) is 6.53. The molecule has 6 nitrogen and oxygen atoms in total. The molecule has 32 heavy (non-hydrogen) atoms. The number of carbonyl (C=O) groups is 2. The minimum absolute atomic E-state index is 0.0450. The van der Waals surface area contributed by atoms with Crippen LogP contribution in [0.25, 0.3) is 11.1 Å². The van der Waals surface area contributed by atoms with Gasteiger partial charge in [-0.2, -0.15) is 0 Å². The molecule has 2 aromatic rings. The molecule has 0 atom stereocenters. The Morgan fingerprint density at radius 3 is 2.41 bits per heavy atom. The smallest absolute Gasteiger partial charge is 0.254 e. The second-order valence-electron chi connectivity index (χ2n) is 9.62. The van der Waals surface area contributed by atoms with Crippen LogP contribution in [0.2, 0.25) is 0 Å². The van der Waals surface area contributed by atoms with Crippen molar-refractivity contribution in [1.29, 1.82) is 0 Å². The molecule has 1 amide bonds. The summed E-state index contributed by atoms with van der Waals surface area (Å²) in [5.74, 6) is 0.283. The minimum Gasteiger partial charge on any atom is -0.378 e. The van der Waals surface area contributed by atoms with Crippen LogP contribution in [-0.2, 0) is 15.9 Å². The summed E-state index contributed by atoms with van der Waals surface area (Å²) >= 11 is 1.62. The van der Waals surface area contributed by atoms with Gasteiger partial charge >= 0.3 is 0 Å². The molecule has 0 bridgehead atoms. The van der Waals surface area contributed by atoms with Crippen LogP contribution < -0.4 is 4.90 Å². The summed E-state index contributed by atoms with van der Waals surface area (Å²) in [5, 5.41) is 1.14. The van der Waals surface area contributed by atoms with E-state index in [9.17, 15) is 9.59 Å². The Morgan fingerprint density at radius 1 is 1.00 bits per heavy atom. The van der Waals surface area contributed by atoms with E-state index < -0.39 is 0 Å². The van der Waals surface area contributed by atoms with Crippen molar-refractivity contribution in [3.05, 3.63) is 40.3 Å². The Hall–Kier alpha value is -2.22. The SMILES string of the molecule is CC1(C)CC(=O)c2sc(N3CCOCC3)c(-c3cccc(C(=O)N4CCOCC4)c3)c2C1. The summed E-state index contributed by atoms with van der Waals surface area (Å²) in [6.07, 6.45) is 1.45. The highest BCUT2D eigenvalue weighted by atomic mass is 32.1. The van der Waals surface area contributed by atoms with E-state index in [2.05, 4.69) is 24.8 Å². The number of ketones is 1. The van der Waals surface area contributed by atoms with Gasteiger partial charge in [-0.25, -0.2) is 0 Å². The Morgan fingerprint density at radius 2 is 1.69 bits per heavy atom. The van der Waals surface area contributed by atoms with E-state index in [0.717, 1.165) is 46.1 Å². The molecule has 1 aliphatic carbocycles. The summed E-state index contributed by atoms with van der Waals surface area (Å²) in [6.45, 7) is 9.77. The average Bonchev–Trinajstić information content (AvgIpc) is 3.18. The van der Waals surface area contributed by atoms with E-state index in [-0.39, 0.29) is 17.1 Å². The lowest BCUT2D eigenvalue weighted by Gasteiger charge is -2.30. The van der Waals surface area contributed by atoms with Gasteiger partial charge in [0.25, 0.3) is 5.91 Å². The topological polar surface area (TPSA) is 59.1 Å². The Labute approximate surface area is 193 Å². The van der Waals surface area contributed by atoms with Gasteiger partial charge in [0.05, 0.1) is 36.3 Å². The van der Waals surface area contributed by atoms with Crippen LogP contribution in [0.3, 0.4) is 0 Å². The first-order chi connectivity index (χ1) is 15.4. The molecule has 2 fully saturated rings. The molecule has 0 saturated carbocycles. The number of anilines is 1. The first-order valence-corrected chi connectivity index (χ1v) is 12.2. The van der Waals surface area contributed by atoms with Crippen LogP contribution >= 0.6 is 11.3 Å². The van der Waals surface area contributed by atoms with Gasteiger partial charge in [-0.05, 0) is 35.1 Å². The van der Waals surface area contributed by atoms with Crippen LogP contribution in [0.5, 0.6) is 0 Å². The molecule has 2 saturated heterocycles. The molecule has 0 radical (unpaired) electrons. The fourth-order valence-corrected chi connectivity index (χ4v) is 6.28. The molecule has 1 aromatic carbocycles. The molecule has 7 heteroatoms. The first kappa shape index (κ1) is 21.6. The fourth-order valence-electron chi connectivity index (χ4n) is 4.95. The van der Waals surface area contributed by atoms with Crippen LogP contribution in [-0.4, -0.2) is 69.2 Å².